The van der Waals surface area contributed by atoms with Crippen LogP contribution in [-0.4, -0.2) is 26.3 Å². The zero-order chi connectivity index (χ0) is 13.5. The van der Waals surface area contributed by atoms with Crippen LogP contribution in [0.1, 0.15) is 47.5 Å². The van der Waals surface area contributed by atoms with E-state index in [1.54, 1.807) is 7.11 Å². The minimum absolute atomic E-state index is 0.107. The standard InChI is InChI=1S/C14H28O3/c1-7-17-13(15)14(10-16-6,8-11(2)3)9-12(4)5/h11-12H,7-10H2,1-6H3. The van der Waals surface area contributed by atoms with Gasteiger partial charge in [0.25, 0.3) is 0 Å². The van der Waals surface area contributed by atoms with E-state index >= 15 is 0 Å². The van der Waals surface area contributed by atoms with Gasteiger partial charge in [-0.2, -0.15) is 0 Å². The predicted molar refractivity (Wildman–Crippen MR) is 69.9 cm³/mol. The minimum atomic E-state index is -0.479. The summed E-state index contributed by atoms with van der Waals surface area (Å²) in [5.74, 6) is 0.797. The molecule has 0 unspecified atom stereocenters. The third-order valence-electron chi connectivity index (χ3n) is 2.73. The van der Waals surface area contributed by atoms with Gasteiger partial charge in [-0.1, -0.05) is 27.7 Å². The van der Waals surface area contributed by atoms with Crippen LogP contribution in [0.5, 0.6) is 0 Å². The van der Waals surface area contributed by atoms with Crippen LogP contribution < -0.4 is 0 Å². The predicted octanol–water partition coefficient (Wildman–Crippen LogP) is 3.27. The highest BCUT2D eigenvalue weighted by Crippen LogP contribution is 2.35. The van der Waals surface area contributed by atoms with Crippen molar-refractivity contribution in [3.63, 3.8) is 0 Å². The number of methoxy groups -OCH3 is 1. The fourth-order valence-electron chi connectivity index (χ4n) is 2.55. The molecule has 0 fully saturated rings. The summed E-state index contributed by atoms with van der Waals surface area (Å²) >= 11 is 0. The molecule has 0 aliphatic rings. The zero-order valence-electron chi connectivity index (χ0n) is 12.2. The summed E-state index contributed by atoms with van der Waals surface area (Å²) in [6.45, 7) is 11.2. The van der Waals surface area contributed by atoms with Crippen LogP contribution in [0.4, 0.5) is 0 Å². The number of hydrogen-bond donors (Lipinski definition) is 0. The molecule has 0 atom stereocenters. The summed E-state index contributed by atoms with van der Waals surface area (Å²) in [5, 5.41) is 0. The fourth-order valence-corrected chi connectivity index (χ4v) is 2.55. The maximum absolute atomic E-state index is 12.2. The highest BCUT2D eigenvalue weighted by molar-refractivity contribution is 5.77. The summed E-state index contributed by atoms with van der Waals surface area (Å²) < 4.78 is 10.5. The van der Waals surface area contributed by atoms with Crippen molar-refractivity contribution in [2.45, 2.75) is 47.5 Å². The van der Waals surface area contributed by atoms with Crippen LogP contribution in [0.3, 0.4) is 0 Å². The van der Waals surface area contributed by atoms with Gasteiger partial charge in [0.1, 0.15) is 0 Å². The van der Waals surface area contributed by atoms with Crippen LogP contribution in [-0.2, 0) is 14.3 Å². The van der Waals surface area contributed by atoms with E-state index in [4.69, 9.17) is 9.47 Å². The van der Waals surface area contributed by atoms with Crippen molar-refractivity contribution in [2.24, 2.45) is 17.3 Å². The topological polar surface area (TPSA) is 35.5 Å². The molecule has 3 nitrogen and oxygen atoms in total. The average Bonchev–Trinajstić information content (AvgIpc) is 2.15. The van der Waals surface area contributed by atoms with Crippen molar-refractivity contribution < 1.29 is 14.3 Å². The van der Waals surface area contributed by atoms with Crippen molar-refractivity contribution in [1.82, 2.24) is 0 Å². The molecule has 0 spiro atoms. The van der Waals surface area contributed by atoms with Gasteiger partial charge in [-0.15, -0.1) is 0 Å². The van der Waals surface area contributed by atoms with Gasteiger partial charge in [0.05, 0.1) is 18.6 Å². The Hall–Kier alpha value is -0.570. The molecule has 0 aromatic carbocycles. The molecule has 102 valence electrons. The molecule has 3 heteroatoms. The Bertz CT molecular complexity index is 212. The molecule has 0 aromatic rings. The zero-order valence-corrected chi connectivity index (χ0v) is 12.2. The Morgan fingerprint density at radius 2 is 1.59 bits per heavy atom. The smallest absolute Gasteiger partial charge is 0.314 e. The van der Waals surface area contributed by atoms with Gasteiger partial charge in [0, 0.05) is 7.11 Å². The lowest BCUT2D eigenvalue weighted by Gasteiger charge is -2.33. The summed E-state index contributed by atoms with van der Waals surface area (Å²) in [6.07, 6.45) is 1.63. The molecule has 0 radical (unpaired) electrons. The number of rotatable bonds is 8. The van der Waals surface area contributed by atoms with Gasteiger partial charge >= 0.3 is 5.97 Å². The molecule has 0 rings (SSSR count). The molecule has 0 saturated heterocycles. The second-order valence-electron chi connectivity index (χ2n) is 5.63. The normalized spacial score (nSPS) is 12.2. The maximum atomic E-state index is 12.2. The van der Waals surface area contributed by atoms with Crippen molar-refractivity contribution in [3.05, 3.63) is 0 Å². The van der Waals surface area contributed by atoms with Gasteiger partial charge in [0.15, 0.2) is 0 Å². The summed E-state index contributed by atoms with van der Waals surface area (Å²) in [4.78, 5) is 12.2. The molecular weight excluding hydrogens is 216 g/mol. The lowest BCUT2D eigenvalue weighted by Crippen LogP contribution is -2.39. The first-order valence-corrected chi connectivity index (χ1v) is 6.54. The van der Waals surface area contributed by atoms with E-state index in [2.05, 4.69) is 27.7 Å². The van der Waals surface area contributed by atoms with E-state index in [0.29, 0.717) is 25.0 Å². The largest absolute Gasteiger partial charge is 0.465 e. The van der Waals surface area contributed by atoms with Crippen LogP contribution in [0.2, 0.25) is 0 Å². The number of ether oxygens (including phenoxy) is 2. The van der Waals surface area contributed by atoms with Crippen molar-refractivity contribution in [1.29, 1.82) is 0 Å². The van der Waals surface area contributed by atoms with Crippen molar-refractivity contribution in [2.75, 3.05) is 20.3 Å². The Balaban J connectivity index is 4.99. The van der Waals surface area contributed by atoms with Crippen LogP contribution in [0, 0.1) is 17.3 Å². The molecule has 0 aliphatic carbocycles. The number of carbonyl (C=O) groups excluding carboxylic acids is 1. The molecule has 0 amide bonds. The van der Waals surface area contributed by atoms with E-state index in [1.165, 1.54) is 0 Å². The van der Waals surface area contributed by atoms with E-state index in [9.17, 15) is 4.79 Å². The van der Waals surface area contributed by atoms with Crippen molar-refractivity contribution >= 4 is 5.97 Å². The quantitative estimate of drug-likeness (QED) is 0.615. The number of carbonyl (C=O) groups is 1. The molecule has 0 N–H and O–H groups in total. The van der Waals surface area contributed by atoms with Gasteiger partial charge in [-0.25, -0.2) is 0 Å². The van der Waals surface area contributed by atoms with Gasteiger partial charge < -0.3 is 9.47 Å². The van der Waals surface area contributed by atoms with E-state index in [1.807, 2.05) is 6.92 Å². The van der Waals surface area contributed by atoms with Gasteiger partial charge in [-0.05, 0) is 31.6 Å². The van der Waals surface area contributed by atoms with Gasteiger partial charge in [0.2, 0.25) is 0 Å². The Morgan fingerprint density at radius 3 is 1.88 bits per heavy atom. The van der Waals surface area contributed by atoms with E-state index < -0.39 is 5.41 Å². The van der Waals surface area contributed by atoms with E-state index in [0.717, 1.165) is 12.8 Å². The molecule has 0 saturated carbocycles. The third kappa shape index (κ3) is 5.53. The lowest BCUT2D eigenvalue weighted by atomic mass is 9.74. The summed E-state index contributed by atoms with van der Waals surface area (Å²) in [6, 6.07) is 0. The molecular formula is C14H28O3. The first-order valence-electron chi connectivity index (χ1n) is 6.54. The molecule has 17 heavy (non-hydrogen) atoms. The highest BCUT2D eigenvalue weighted by atomic mass is 16.5. The lowest BCUT2D eigenvalue weighted by molar-refractivity contribution is -0.161. The minimum Gasteiger partial charge on any atom is -0.465 e. The second-order valence-corrected chi connectivity index (χ2v) is 5.63. The molecule has 0 aromatic heterocycles. The average molecular weight is 244 g/mol. The Labute approximate surface area is 106 Å². The van der Waals surface area contributed by atoms with Crippen LogP contribution in [0.15, 0.2) is 0 Å². The molecule has 0 heterocycles. The van der Waals surface area contributed by atoms with Gasteiger partial charge in [-0.3, -0.25) is 4.79 Å². The fraction of sp³-hybridized carbons (Fsp3) is 0.929. The Morgan fingerprint density at radius 1 is 1.12 bits per heavy atom. The summed E-state index contributed by atoms with van der Waals surface area (Å²) in [7, 11) is 1.65. The monoisotopic (exact) mass is 244 g/mol. The SMILES string of the molecule is CCOC(=O)C(COC)(CC(C)C)CC(C)C. The van der Waals surface area contributed by atoms with E-state index in [-0.39, 0.29) is 5.97 Å². The first-order chi connectivity index (χ1) is 7.88. The van der Waals surface area contributed by atoms with Crippen molar-refractivity contribution in [3.8, 4) is 0 Å². The Kier molecular flexibility index (Phi) is 7.44. The van der Waals surface area contributed by atoms with Crippen LogP contribution in [0.25, 0.3) is 0 Å². The third-order valence-corrected chi connectivity index (χ3v) is 2.73. The first kappa shape index (κ1) is 16.4. The number of esters is 1. The van der Waals surface area contributed by atoms with Crippen LogP contribution >= 0.6 is 0 Å². The maximum Gasteiger partial charge on any atom is 0.314 e. The summed E-state index contributed by atoms with van der Waals surface area (Å²) in [5.41, 5.74) is -0.479. The number of hydrogen-bond acceptors (Lipinski definition) is 3. The highest BCUT2D eigenvalue weighted by Gasteiger charge is 2.41. The molecule has 0 bridgehead atoms. The second kappa shape index (κ2) is 7.70. The molecule has 0 aliphatic heterocycles.